The Labute approximate surface area is 117 Å². The number of nitrogens with one attached hydrogen (secondary N) is 1. The Hall–Kier alpha value is -1.55. The molecular weight excluding hydrogens is 262 g/mol. The van der Waals surface area contributed by atoms with Crippen LogP contribution in [0.25, 0.3) is 11.0 Å². The quantitative estimate of drug-likeness (QED) is 0.855. The third-order valence-electron chi connectivity index (χ3n) is 3.04. The minimum atomic E-state index is 0.0533. The van der Waals surface area contributed by atoms with Gasteiger partial charge in [-0.1, -0.05) is 6.07 Å². The van der Waals surface area contributed by atoms with Crippen molar-refractivity contribution >= 4 is 28.5 Å². The summed E-state index contributed by atoms with van der Waals surface area (Å²) in [7, 11) is 0. The van der Waals surface area contributed by atoms with Gasteiger partial charge < -0.3 is 9.88 Å². The van der Waals surface area contributed by atoms with Gasteiger partial charge in [-0.05, 0) is 31.5 Å². The number of halogens is 1. The van der Waals surface area contributed by atoms with Crippen molar-refractivity contribution in [2.24, 2.45) is 0 Å². The van der Waals surface area contributed by atoms with Gasteiger partial charge in [0.1, 0.15) is 5.82 Å². The molecule has 19 heavy (non-hydrogen) atoms. The van der Waals surface area contributed by atoms with Crippen LogP contribution >= 0.6 is 11.6 Å². The Morgan fingerprint density at radius 3 is 2.95 bits per heavy atom. The second-order valence-electron chi connectivity index (χ2n) is 4.51. The van der Waals surface area contributed by atoms with Gasteiger partial charge in [0.15, 0.2) is 0 Å². The van der Waals surface area contributed by atoms with Crippen LogP contribution < -0.4 is 5.32 Å². The van der Waals surface area contributed by atoms with Crippen molar-refractivity contribution in [3.8, 4) is 0 Å². The fourth-order valence-corrected chi connectivity index (χ4v) is 2.34. The van der Waals surface area contributed by atoms with Crippen molar-refractivity contribution < 1.29 is 4.79 Å². The second-order valence-corrected chi connectivity index (χ2v) is 4.78. The summed E-state index contributed by atoms with van der Waals surface area (Å²) in [4.78, 5) is 16.1. The molecule has 0 atom stereocenters. The molecule has 1 amide bonds. The molecular formula is C14H18ClN3O. The van der Waals surface area contributed by atoms with Crippen molar-refractivity contribution in [1.82, 2.24) is 14.9 Å². The third-order valence-corrected chi connectivity index (χ3v) is 3.28. The smallest absolute Gasteiger partial charge is 0.221 e. The summed E-state index contributed by atoms with van der Waals surface area (Å²) < 4.78 is 2.03. The lowest BCUT2D eigenvalue weighted by atomic mass is 10.2. The minimum absolute atomic E-state index is 0.0533. The zero-order chi connectivity index (χ0) is 13.8. The molecule has 4 nitrogen and oxygen atoms in total. The van der Waals surface area contributed by atoms with E-state index in [1.807, 2.05) is 30.5 Å². The van der Waals surface area contributed by atoms with Gasteiger partial charge in [-0.2, -0.15) is 0 Å². The summed E-state index contributed by atoms with van der Waals surface area (Å²) in [5.74, 6) is 1.22. The number of aromatic nitrogens is 2. The van der Waals surface area contributed by atoms with Crippen molar-refractivity contribution in [3.05, 3.63) is 29.6 Å². The minimum Gasteiger partial charge on any atom is -0.356 e. The summed E-state index contributed by atoms with van der Waals surface area (Å²) in [6.07, 6.45) is 0.442. The maximum Gasteiger partial charge on any atom is 0.221 e. The van der Waals surface area contributed by atoms with E-state index in [2.05, 4.69) is 16.4 Å². The molecule has 0 bridgehead atoms. The Morgan fingerprint density at radius 2 is 2.26 bits per heavy atom. The number of rotatable bonds is 5. The van der Waals surface area contributed by atoms with Gasteiger partial charge in [-0.15, -0.1) is 11.6 Å². The highest BCUT2D eigenvalue weighted by Gasteiger charge is 2.11. The molecule has 0 spiro atoms. The number of imidazole rings is 1. The van der Waals surface area contributed by atoms with Gasteiger partial charge in [0.2, 0.25) is 5.91 Å². The SMILES string of the molecule is CCNC(=O)CCn1c(CCl)nc2ccc(C)cc21. The van der Waals surface area contributed by atoms with Crippen LogP contribution in [0, 0.1) is 6.92 Å². The van der Waals surface area contributed by atoms with E-state index < -0.39 is 0 Å². The third kappa shape index (κ3) is 3.07. The van der Waals surface area contributed by atoms with Crippen LogP contribution in [0.2, 0.25) is 0 Å². The number of carbonyl (C=O) groups excluding carboxylic acids is 1. The molecule has 1 N–H and O–H groups in total. The molecule has 0 radical (unpaired) electrons. The Balaban J connectivity index is 2.29. The van der Waals surface area contributed by atoms with E-state index in [-0.39, 0.29) is 5.91 Å². The normalized spacial score (nSPS) is 10.9. The maximum atomic E-state index is 11.6. The molecule has 0 fully saturated rings. The predicted octanol–water partition coefficient (Wildman–Crippen LogP) is 2.61. The molecule has 1 aromatic heterocycles. The number of hydrogen-bond donors (Lipinski definition) is 1. The van der Waals surface area contributed by atoms with Crippen LogP contribution in [0.3, 0.4) is 0 Å². The fourth-order valence-electron chi connectivity index (χ4n) is 2.13. The summed E-state index contributed by atoms with van der Waals surface area (Å²) in [5, 5.41) is 2.80. The van der Waals surface area contributed by atoms with Crippen LogP contribution in [0.1, 0.15) is 24.7 Å². The van der Waals surface area contributed by atoms with Gasteiger partial charge in [-0.25, -0.2) is 4.98 Å². The lowest BCUT2D eigenvalue weighted by Crippen LogP contribution is -2.24. The highest BCUT2D eigenvalue weighted by atomic mass is 35.5. The number of fused-ring (bicyclic) bond motifs is 1. The lowest BCUT2D eigenvalue weighted by Gasteiger charge is -2.08. The van der Waals surface area contributed by atoms with E-state index in [0.29, 0.717) is 25.4 Å². The van der Waals surface area contributed by atoms with Crippen molar-refractivity contribution in [3.63, 3.8) is 0 Å². The van der Waals surface area contributed by atoms with Gasteiger partial charge in [0.05, 0.1) is 16.9 Å². The van der Waals surface area contributed by atoms with Gasteiger partial charge in [0, 0.05) is 19.5 Å². The Kier molecular flexibility index (Phi) is 4.43. The molecule has 2 aromatic rings. The van der Waals surface area contributed by atoms with Crippen LogP contribution in [0.5, 0.6) is 0 Å². The van der Waals surface area contributed by atoms with Gasteiger partial charge >= 0.3 is 0 Å². The Morgan fingerprint density at radius 1 is 1.47 bits per heavy atom. The molecule has 5 heteroatoms. The average Bonchev–Trinajstić information content (AvgIpc) is 2.74. The summed E-state index contributed by atoms with van der Waals surface area (Å²) >= 11 is 5.94. The number of hydrogen-bond acceptors (Lipinski definition) is 2. The number of benzene rings is 1. The number of amides is 1. The highest BCUT2D eigenvalue weighted by Crippen LogP contribution is 2.19. The number of aryl methyl sites for hydroxylation is 2. The largest absolute Gasteiger partial charge is 0.356 e. The first-order chi connectivity index (χ1) is 9.15. The van der Waals surface area contributed by atoms with Crippen LogP contribution in [0.15, 0.2) is 18.2 Å². The van der Waals surface area contributed by atoms with E-state index >= 15 is 0 Å². The van der Waals surface area contributed by atoms with Crippen LogP contribution in [-0.2, 0) is 17.2 Å². The molecule has 1 aromatic carbocycles. The number of alkyl halides is 1. The summed E-state index contributed by atoms with van der Waals surface area (Å²) in [5.41, 5.74) is 3.14. The zero-order valence-electron chi connectivity index (χ0n) is 11.2. The first-order valence-electron chi connectivity index (χ1n) is 6.44. The molecule has 0 saturated carbocycles. The predicted molar refractivity (Wildman–Crippen MR) is 77.3 cm³/mol. The molecule has 0 aliphatic heterocycles. The average molecular weight is 280 g/mol. The Bertz CT molecular complexity index is 592. The molecule has 2 rings (SSSR count). The first-order valence-corrected chi connectivity index (χ1v) is 6.97. The molecule has 1 heterocycles. The van der Waals surface area contributed by atoms with Crippen molar-refractivity contribution in [2.75, 3.05) is 6.54 Å². The van der Waals surface area contributed by atoms with Crippen LogP contribution in [0.4, 0.5) is 0 Å². The highest BCUT2D eigenvalue weighted by molar-refractivity contribution is 6.16. The van der Waals surface area contributed by atoms with Gasteiger partial charge in [-0.3, -0.25) is 4.79 Å². The lowest BCUT2D eigenvalue weighted by molar-refractivity contribution is -0.121. The maximum absolute atomic E-state index is 11.6. The summed E-state index contributed by atoms with van der Waals surface area (Å²) in [6, 6.07) is 6.10. The topological polar surface area (TPSA) is 46.9 Å². The zero-order valence-corrected chi connectivity index (χ0v) is 12.0. The molecule has 102 valence electrons. The number of carbonyl (C=O) groups is 1. The molecule has 0 aliphatic carbocycles. The van der Waals surface area contributed by atoms with E-state index in [1.54, 1.807) is 0 Å². The van der Waals surface area contributed by atoms with Gasteiger partial charge in [0.25, 0.3) is 0 Å². The second kappa shape index (κ2) is 6.06. The standard InChI is InChI=1S/C14H18ClN3O/c1-3-16-14(19)6-7-18-12-8-10(2)4-5-11(12)17-13(18)9-15/h4-5,8H,3,6-7,9H2,1-2H3,(H,16,19). The molecule has 0 unspecified atom stereocenters. The molecule has 0 aliphatic rings. The van der Waals surface area contributed by atoms with E-state index in [1.165, 1.54) is 5.56 Å². The van der Waals surface area contributed by atoms with Crippen LogP contribution in [-0.4, -0.2) is 22.0 Å². The van der Waals surface area contributed by atoms with Crippen molar-refractivity contribution in [2.45, 2.75) is 32.7 Å². The van der Waals surface area contributed by atoms with E-state index in [0.717, 1.165) is 16.9 Å². The van der Waals surface area contributed by atoms with E-state index in [9.17, 15) is 4.79 Å². The summed E-state index contributed by atoms with van der Waals surface area (Å²) in [6.45, 7) is 5.22. The van der Waals surface area contributed by atoms with E-state index in [4.69, 9.17) is 11.6 Å². The van der Waals surface area contributed by atoms with Crippen molar-refractivity contribution in [1.29, 1.82) is 0 Å². The number of nitrogens with zero attached hydrogens (tertiary/aromatic N) is 2. The first kappa shape index (κ1) is 13.9. The monoisotopic (exact) mass is 279 g/mol. The fraction of sp³-hybridized carbons (Fsp3) is 0.429. The molecule has 0 saturated heterocycles.